The van der Waals surface area contributed by atoms with Crippen LogP contribution < -0.4 is 4.90 Å². The van der Waals surface area contributed by atoms with Crippen LogP contribution in [0.2, 0.25) is 0 Å². The van der Waals surface area contributed by atoms with Gasteiger partial charge >= 0.3 is 0 Å². The second-order valence-electron chi connectivity index (χ2n) is 11.8. The summed E-state index contributed by atoms with van der Waals surface area (Å²) < 4.78 is 2.22. The van der Waals surface area contributed by atoms with Gasteiger partial charge in [-0.25, -0.2) is 4.98 Å². The lowest BCUT2D eigenvalue weighted by molar-refractivity contribution is 0.730. The zero-order valence-corrected chi connectivity index (χ0v) is 25.3. The van der Waals surface area contributed by atoms with E-state index in [1.165, 1.54) is 0 Å². The quantitative estimate of drug-likeness (QED) is 0.202. The largest absolute Gasteiger partial charge is 0.294 e. The van der Waals surface area contributed by atoms with Crippen molar-refractivity contribution in [1.82, 2.24) is 14.5 Å². The molecule has 0 bridgehead atoms. The molecule has 5 nitrogen and oxygen atoms in total. The Hall–Kier alpha value is -6.51. The van der Waals surface area contributed by atoms with Crippen LogP contribution in [-0.2, 0) is 5.41 Å². The van der Waals surface area contributed by atoms with Crippen molar-refractivity contribution in [3.05, 3.63) is 192 Å². The lowest BCUT2D eigenvalue weighted by Crippen LogP contribution is -2.37. The average molecular weight is 602 g/mol. The molecule has 4 heterocycles. The fourth-order valence-electron chi connectivity index (χ4n) is 7.49. The number of fused-ring (bicyclic) bond motifs is 5. The van der Waals surface area contributed by atoms with Crippen LogP contribution in [0.25, 0.3) is 27.6 Å². The molecule has 0 aliphatic carbocycles. The zero-order valence-electron chi connectivity index (χ0n) is 25.3. The van der Waals surface area contributed by atoms with Gasteiger partial charge < -0.3 is 0 Å². The molecule has 0 unspecified atom stereocenters. The fraction of sp³-hybridized carbons (Fsp3) is 0.0238. The number of rotatable bonds is 4. The minimum absolute atomic E-state index is 0.629. The fourth-order valence-corrected chi connectivity index (χ4v) is 7.49. The van der Waals surface area contributed by atoms with Gasteiger partial charge in [-0.3, -0.25) is 14.5 Å². The monoisotopic (exact) mass is 601 g/mol. The molecule has 5 heteroatoms. The first-order chi connectivity index (χ1) is 23.3. The van der Waals surface area contributed by atoms with Crippen LogP contribution >= 0.6 is 0 Å². The molecule has 8 aromatic rings. The molecule has 0 saturated carbocycles. The number of hydrogen-bond donors (Lipinski definition) is 0. The van der Waals surface area contributed by atoms with Gasteiger partial charge in [0.25, 0.3) is 0 Å². The van der Waals surface area contributed by atoms with Crippen molar-refractivity contribution in [2.45, 2.75) is 5.41 Å². The van der Waals surface area contributed by atoms with Gasteiger partial charge in [0.1, 0.15) is 11.6 Å². The van der Waals surface area contributed by atoms with Crippen molar-refractivity contribution in [2.75, 3.05) is 4.90 Å². The number of nitriles is 1. The first kappa shape index (κ1) is 26.9. The molecule has 0 saturated heterocycles. The van der Waals surface area contributed by atoms with E-state index in [-0.39, 0.29) is 0 Å². The third-order valence-electron chi connectivity index (χ3n) is 9.40. The first-order valence-corrected chi connectivity index (χ1v) is 15.6. The summed E-state index contributed by atoms with van der Waals surface area (Å²) in [6.07, 6.45) is 3.77. The number of pyridine rings is 2. The molecule has 0 fully saturated rings. The highest BCUT2D eigenvalue weighted by Gasteiger charge is 2.46. The zero-order chi connectivity index (χ0) is 31.4. The van der Waals surface area contributed by atoms with Crippen molar-refractivity contribution in [3.8, 4) is 11.9 Å². The van der Waals surface area contributed by atoms with Crippen molar-refractivity contribution in [3.63, 3.8) is 0 Å². The Labute approximate surface area is 272 Å². The van der Waals surface area contributed by atoms with Crippen molar-refractivity contribution >= 4 is 39.0 Å². The Balaban J connectivity index is 1.32. The maximum Gasteiger partial charge on any atom is 0.140 e. The summed E-state index contributed by atoms with van der Waals surface area (Å²) in [4.78, 5) is 12.1. The first-order valence-electron chi connectivity index (χ1n) is 15.6. The topological polar surface area (TPSA) is 57.7 Å². The van der Waals surface area contributed by atoms with E-state index in [0.717, 1.165) is 67.1 Å². The molecule has 3 aromatic heterocycles. The van der Waals surface area contributed by atoms with E-state index in [2.05, 4.69) is 160 Å². The van der Waals surface area contributed by atoms with Crippen molar-refractivity contribution in [1.29, 1.82) is 5.26 Å². The van der Waals surface area contributed by atoms with E-state index in [4.69, 9.17) is 4.98 Å². The minimum Gasteiger partial charge on any atom is -0.294 e. The Morgan fingerprint density at radius 2 is 1.15 bits per heavy atom. The second kappa shape index (κ2) is 10.5. The highest BCUT2D eigenvalue weighted by molar-refractivity contribution is 6.08. The van der Waals surface area contributed by atoms with Gasteiger partial charge in [0.2, 0.25) is 0 Å². The highest BCUT2D eigenvalue weighted by Crippen LogP contribution is 2.57. The maximum atomic E-state index is 9.64. The summed E-state index contributed by atoms with van der Waals surface area (Å²) in [6.45, 7) is 0. The van der Waals surface area contributed by atoms with E-state index in [1.807, 2.05) is 24.5 Å². The van der Waals surface area contributed by atoms with Gasteiger partial charge in [-0.15, -0.1) is 0 Å². The summed E-state index contributed by atoms with van der Waals surface area (Å²) in [5.74, 6) is 1.66. The van der Waals surface area contributed by atoms with Gasteiger partial charge in [-0.2, -0.15) is 5.26 Å². The lowest BCUT2D eigenvalue weighted by Gasteiger charge is -2.46. The summed E-state index contributed by atoms with van der Waals surface area (Å²) in [5.41, 5.74) is 8.81. The second-order valence-corrected chi connectivity index (χ2v) is 11.8. The van der Waals surface area contributed by atoms with E-state index >= 15 is 0 Å². The van der Waals surface area contributed by atoms with Gasteiger partial charge in [0, 0.05) is 23.2 Å². The minimum atomic E-state index is -0.629. The summed E-state index contributed by atoms with van der Waals surface area (Å²) >= 11 is 0. The third-order valence-corrected chi connectivity index (χ3v) is 9.40. The molecule has 0 amide bonds. The number of anilines is 3. The molecule has 0 spiro atoms. The maximum absolute atomic E-state index is 9.64. The Morgan fingerprint density at radius 3 is 1.89 bits per heavy atom. The number of aromatic nitrogens is 3. The standard InChI is InChI=1S/C42H27N5/c43-27-29-21-23-31(24-22-29)42(30-11-2-1-3-12-30)34-14-5-8-17-38(34)47(39-18-9-6-15-35(39)42)41-20-10-19-40(45-41)46-36-16-7-4-13-32(36)33-28-44-26-25-37(33)46/h1-26,28H. The van der Waals surface area contributed by atoms with Gasteiger partial charge in [-0.1, -0.05) is 103 Å². The Bertz CT molecular complexity index is 2390. The van der Waals surface area contributed by atoms with Crippen LogP contribution in [-0.4, -0.2) is 14.5 Å². The molecule has 5 aromatic carbocycles. The SMILES string of the molecule is N#Cc1ccc(C2(c3ccccc3)c3ccccc3N(c3cccc(-n4c5ccccc5c5cnccc54)n3)c3ccccc32)cc1. The lowest BCUT2D eigenvalue weighted by atomic mass is 9.62. The average Bonchev–Trinajstić information content (AvgIpc) is 3.49. The molecular formula is C42H27N5. The van der Waals surface area contributed by atoms with Crippen LogP contribution in [0.15, 0.2) is 164 Å². The molecule has 0 N–H and O–H groups in total. The molecular weight excluding hydrogens is 574 g/mol. The predicted molar refractivity (Wildman–Crippen MR) is 188 cm³/mol. The van der Waals surface area contributed by atoms with Crippen LogP contribution in [0.4, 0.5) is 17.2 Å². The predicted octanol–water partition coefficient (Wildman–Crippen LogP) is 9.61. The normalized spacial score (nSPS) is 13.2. The third kappa shape index (κ3) is 3.89. The highest BCUT2D eigenvalue weighted by atomic mass is 15.2. The number of nitrogens with zero attached hydrogens (tertiary/aromatic N) is 5. The Kier molecular flexibility index (Phi) is 6.02. The molecule has 9 rings (SSSR count). The van der Waals surface area contributed by atoms with Gasteiger partial charge in [0.15, 0.2) is 0 Å². The Morgan fingerprint density at radius 1 is 0.532 bits per heavy atom. The van der Waals surface area contributed by atoms with Crippen LogP contribution in [0.3, 0.4) is 0 Å². The summed E-state index contributed by atoms with van der Waals surface area (Å²) in [5, 5.41) is 11.9. The number of para-hydroxylation sites is 3. The summed E-state index contributed by atoms with van der Waals surface area (Å²) in [6, 6.07) is 55.0. The molecule has 0 atom stereocenters. The van der Waals surface area contributed by atoms with Gasteiger partial charge in [-0.05, 0) is 70.8 Å². The van der Waals surface area contributed by atoms with E-state index in [0.29, 0.717) is 5.56 Å². The molecule has 1 aliphatic heterocycles. The number of hydrogen-bond acceptors (Lipinski definition) is 4. The summed E-state index contributed by atoms with van der Waals surface area (Å²) in [7, 11) is 0. The molecule has 1 aliphatic rings. The molecule has 47 heavy (non-hydrogen) atoms. The van der Waals surface area contributed by atoms with Crippen LogP contribution in [0.5, 0.6) is 0 Å². The smallest absolute Gasteiger partial charge is 0.140 e. The van der Waals surface area contributed by atoms with Crippen LogP contribution in [0.1, 0.15) is 27.8 Å². The van der Waals surface area contributed by atoms with Gasteiger partial charge in [0.05, 0.1) is 39.5 Å². The molecule has 0 radical (unpaired) electrons. The van der Waals surface area contributed by atoms with E-state index < -0.39 is 5.41 Å². The van der Waals surface area contributed by atoms with Crippen LogP contribution in [0, 0.1) is 11.3 Å². The van der Waals surface area contributed by atoms with E-state index in [1.54, 1.807) is 0 Å². The number of benzene rings is 5. The van der Waals surface area contributed by atoms with Crippen molar-refractivity contribution < 1.29 is 0 Å². The van der Waals surface area contributed by atoms with E-state index in [9.17, 15) is 5.26 Å². The molecule has 220 valence electrons. The van der Waals surface area contributed by atoms with Crippen molar-refractivity contribution in [2.24, 2.45) is 0 Å².